The van der Waals surface area contributed by atoms with Crippen LogP contribution in [0, 0.1) is 5.92 Å². The largest absolute Gasteiger partial charge is 0.497 e. The maximum atomic E-state index is 13.8. The standard InChI is InChI=1S/C29H29F3N6O4S/c1-41-21-3-4-22(24(14-21)42-2)23-12-18(29(30,31)32)11-20(35-23)16-33-15-17-6-9-38(10-7-17)27-34-8-5-19(36-27)13-25-26(39)37-28(40)43-25/h3-5,8,11-14,17,33H,6-7,9-10,15-16H2,1-2H3,(H,37,39,40). The van der Waals surface area contributed by atoms with Crippen LogP contribution in [-0.2, 0) is 17.5 Å². The van der Waals surface area contributed by atoms with E-state index in [0.29, 0.717) is 54.3 Å². The van der Waals surface area contributed by atoms with Gasteiger partial charge in [0.15, 0.2) is 0 Å². The summed E-state index contributed by atoms with van der Waals surface area (Å²) >= 11 is 0.831. The number of carbonyl (C=O) groups is 2. The highest BCUT2D eigenvalue weighted by Gasteiger charge is 2.32. The lowest BCUT2D eigenvalue weighted by molar-refractivity contribution is -0.137. The van der Waals surface area contributed by atoms with Crippen molar-refractivity contribution in [3.63, 3.8) is 0 Å². The fraction of sp³-hybridized carbons (Fsp3) is 0.345. The van der Waals surface area contributed by atoms with Gasteiger partial charge in [0.05, 0.1) is 41.8 Å². The lowest BCUT2D eigenvalue weighted by Crippen LogP contribution is -2.38. The summed E-state index contributed by atoms with van der Waals surface area (Å²) in [4.78, 5) is 39.0. The molecule has 10 nitrogen and oxygen atoms in total. The van der Waals surface area contributed by atoms with E-state index >= 15 is 0 Å². The van der Waals surface area contributed by atoms with Gasteiger partial charge in [-0.15, -0.1) is 0 Å². The number of halogens is 3. The van der Waals surface area contributed by atoms with Crippen molar-refractivity contribution >= 4 is 34.9 Å². The van der Waals surface area contributed by atoms with Crippen molar-refractivity contribution in [3.05, 3.63) is 64.5 Å². The summed E-state index contributed by atoms with van der Waals surface area (Å²) in [5.41, 5.74) is 0.619. The van der Waals surface area contributed by atoms with Gasteiger partial charge in [0, 0.05) is 37.5 Å². The number of hydrogen-bond donors (Lipinski definition) is 2. The molecule has 0 spiro atoms. The number of amides is 2. The van der Waals surface area contributed by atoms with Gasteiger partial charge in [-0.2, -0.15) is 13.2 Å². The Hall–Kier alpha value is -4.17. The first-order chi connectivity index (χ1) is 20.6. The number of piperidine rings is 1. The number of methoxy groups -OCH3 is 2. The van der Waals surface area contributed by atoms with Gasteiger partial charge in [0.1, 0.15) is 11.5 Å². The van der Waals surface area contributed by atoms with Crippen molar-refractivity contribution in [2.45, 2.75) is 25.6 Å². The third-order valence-electron chi connectivity index (χ3n) is 7.11. The number of pyridine rings is 1. The van der Waals surface area contributed by atoms with E-state index in [-0.39, 0.29) is 22.8 Å². The predicted octanol–water partition coefficient (Wildman–Crippen LogP) is 4.90. The molecular formula is C29H29F3N6O4S. The monoisotopic (exact) mass is 614 g/mol. The van der Waals surface area contributed by atoms with Gasteiger partial charge in [-0.1, -0.05) is 0 Å². The van der Waals surface area contributed by atoms with Crippen LogP contribution in [0.1, 0.15) is 29.8 Å². The van der Waals surface area contributed by atoms with E-state index in [2.05, 4.69) is 25.6 Å². The number of ether oxygens (including phenoxy) is 2. The number of nitrogens with one attached hydrogen (secondary N) is 2. The molecule has 2 aromatic heterocycles. The molecule has 2 amide bonds. The Balaban J connectivity index is 1.20. The Morgan fingerprint density at radius 1 is 1.09 bits per heavy atom. The van der Waals surface area contributed by atoms with Crippen molar-refractivity contribution in [2.75, 3.05) is 38.8 Å². The topological polar surface area (TPSA) is 119 Å². The number of benzene rings is 1. The summed E-state index contributed by atoms with van der Waals surface area (Å²) in [6, 6.07) is 8.65. The van der Waals surface area contributed by atoms with Gasteiger partial charge in [-0.3, -0.25) is 19.9 Å². The second-order valence-electron chi connectivity index (χ2n) is 9.99. The molecule has 43 heavy (non-hydrogen) atoms. The maximum Gasteiger partial charge on any atom is 0.416 e. The van der Waals surface area contributed by atoms with Crippen LogP contribution in [-0.4, -0.2) is 60.0 Å². The molecule has 0 radical (unpaired) electrons. The zero-order valence-electron chi connectivity index (χ0n) is 23.4. The molecule has 3 aromatic rings. The summed E-state index contributed by atoms with van der Waals surface area (Å²) in [5.74, 6) is 1.27. The summed E-state index contributed by atoms with van der Waals surface area (Å²) in [7, 11) is 2.94. The van der Waals surface area contributed by atoms with Crippen molar-refractivity contribution < 1.29 is 32.2 Å². The van der Waals surface area contributed by atoms with E-state index in [1.807, 2.05) is 4.90 Å². The Labute approximate surface area is 250 Å². The van der Waals surface area contributed by atoms with Crippen LogP contribution < -0.4 is 25.0 Å². The van der Waals surface area contributed by atoms with Crippen molar-refractivity contribution in [2.24, 2.45) is 5.92 Å². The van der Waals surface area contributed by atoms with E-state index < -0.39 is 22.9 Å². The van der Waals surface area contributed by atoms with E-state index in [1.165, 1.54) is 14.2 Å². The van der Waals surface area contributed by atoms with Crippen LogP contribution in [0.5, 0.6) is 11.5 Å². The van der Waals surface area contributed by atoms with Gasteiger partial charge in [0.2, 0.25) is 5.95 Å². The normalized spacial score (nSPS) is 17.0. The number of alkyl halides is 3. The number of aromatic nitrogens is 3. The van der Waals surface area contributed by atoms with E-state index in [4.69, 9.17) is 9.47 Å². The highest BCUT2D eigenvalue weighted by Crippen LogP contribution is 2.36. The lowest BCUT2D eigenvalue weighted by Gasteiger charge is -2.32. The molecule has 2 aliphatic heterocycles. The van der Waals surface area contributed by atoms with Gasteiger partial charge in [-0.05, 0) is 73.5 Å². The molecule has 0 saturated carbocycles. The molecule has 226 valence electrons. The minimum Gasteiger partial charge on any atom is -0.497 e. The number of thioether (sulfide) groups is 1. The van der Waals surface area contributed by atoms with Crippen LogP contribution in [0.2, 0.25) is 0 Å². The second kappa shape index (κ2) is 13.0. The molecule has 2 saturated heterocycles. The van der Waals surface area contributed by atoms with Crippen molar-refractivity contribution in [3.8, 4) is 22.8 Å². The van der Waals surface area contributed by atoms with Crippen LogP contribution in [0.3, 0.4) is 0 Å². The zero-order valence-corrected chi connectivity index (χ0v) is 24.2. The van der Waals surface area contributed by atoms with Crippen LogP contribution >= 0.6 is 11.8 Å². The zero-order chi connectivity index (χ0) is 30.6. The number of carbonyl (C=O) groups excluding carboxylic acids is 2. The SMILES string of the molecule is COc1ccc(-c2cc(C(F)(F)F)cc(CNCC3CCN(c4nccc(C=C5SC(=O)NC5=O)n4)CC3)n2)c(OC)c1. The van der Waals surface area contributed by atoms with Gasteiger partial charge < -0.3 is 19.7 Å². The summed E-state index contributed by atoms with van der Waals surface area (Å²) < 4.78 is 51.9. The Bertz CT molecular complexity index is 1540. The Kier molecular flexibility index (Phi) is 9.16. The third kappa shape index (κ3) is 7.43. The van der Waals surface area contributed by atoms with Gasteiger partial charge in [-0.25, -0.2) is 9.97 Å². The summed E-state index contributed by atoms with van der Waals surface area (Å²) in [6.45, 7) is 2.18. The average molecular weight is 615 g/mol. The third-order valence-corrected chi connectivity index (χ3v) is 7.92. The fourth-order valence-electron chi connectivity index (χ4n) is 4.88. The maximum absolute atomic E-state index is 13.8. The van der Waals surface area contributed by atoms with Crippen LogP contribution in [0.15, 0.2) is 47.5 Å². The van der Waals surface area contributed by atoms with E-state index in [9.17, 15) is 22.8 Å². The number of anilines is 1. The Morgan fingerprint density at radius 3 is 2.56 bits per heavy atom. The smallest absolute Gasteiger partial charge is 0.416 e. The highest BCUT2D eigenvalue weighted by atomic mass is 32.2. The molecule has 2 fully saturated rings. The van der Waals surface area contributed by atoms with Gasteiger partial charge in [0.25, 0.3) is 11.1 Å². The second-order valence-corrected chi connectivity index (χ2v) is 11.0. The van der Waals surface area contributed by atoms with Crippen molar-refractivity contribution in [1.29, 1.82) is 0 Å². The number of hydrogen-bond acceptors (Lipinski definition) is 10. The van der Waals surface area contributed by atoms with E-state index in [1.54, 1.807) is 36.5 Å². The van der Waals surface area contributed by atoms with Crippen LogP contribution in [0.4, 0.5) is 23.9 Å². The molecular weight excluding hydrogens is 585 g/mol. The van der Waals surface area contributed by atoms with Crippen molar-refractivity contribution in [1.82, 2.24) is 25.6 Å². The molecule has 4 heterocycles. The lowest BCUT2D eigenvalue weighted by atomic mass is 9.97. The number of rotatable bonds is 9. The number of imide groups is 1. The minimum atomic E-state index is -4.53. The molecule has 0 bridgehead atoms. The first-order valence-electron chi connectivity index (χ1n) is 13.5. The average Bonchev–Trinajstić information content (AvgIpc) is 3.32. The first-order valence-corrected chi connectivity index (χ1v) is 14.3. The molecule has 14 heteroatoms. The molecule has 5 rings (SSSR count). The van der Waals surface area contributed by atoms with E-state index in [0.717, 1.165) is 36.7 Å². The Morgan fingerprint density at radius 2 is 1.88 bits per heavy atom. The molecule has 0 atom stereocenters. The molecule has 2 N–H and O–H groups in total. The molecule has 1 aromatic carbocycles. The fourth-order valence-corrected chi connectivity index (χ4v) is 5.55. The molecule has 0 unspecified atom stereocenters. The number of nitrogens with zero attached hydrogens (tertiary/aromatic N) is 4. The summed E-state index contributed by atoms with van der Waals surface area (Å²) in [5, 5.41) is 5.09. The van der Waals surface area contributed by atoms with Crippen LogP contribution in [0.25, 0.3) is 17.3 Å². The summed E-state index contributed by atoms with van der Waals surface area (Å²) in [6.07, 6.45) is 0.302. The van der Waals surface area contributed by atoms with Gasteiger partial charge >= 0.3 is 6.18 Å². The molecule has 0 aliphatic carbocycles. The molecule has 2 aliphatic rings. The quantitative estimate of drug-likeness (QED) is 0.322. The predicted molar refractivity (Wildman–Crippen MR) is 156 cm³/mol. The minimum absolute atomic E-state index is 0.163. The first kappa shape index (κ1) is 30.3. The highest BCUT2D eigenvalue weighted by molar-refractivity contribution is 8.18.